The molecule has 0 radical (unpaired) electrons. The third kappa shape index (κ3) is 5.40. The number of para-hydroxylation sites is 2. The molecule has 2 aromatic carbocycles. The standard InChI is InChI=1S/C26H26N4O4S/c1-18-15-20(19-7-3-2-4-8-19)28-26(27-18)35-17-24(31)29-11-13-30(14-12-29)25(32)23-16-33-21-9-5-6-10-22(21)34-23/h2-10,15,23H,11-14,16-17H2,1H3. The topological polar surface area (TPSA) is 84.9 Å². The van der Waals surface area contributed by atoms with Crippen molar-refractivity contribution in [1.82, 2.24) is 19.8 Å². The first kappa shape index (κ1) is 23.2. The molecule has 35 heavy (non-hydrogen) atoms. The normalized spacial score (nSPS) is 17.2. The van der Waals surface area contributed by atoms with Crippen LogP contribution in [0.4, 0.5) is 0 Å². The summed E-state index contributed by atoms with van der Waals surface area (Å²) in [5.74, 6) is 1.39. The van der Waals surface area contributed by atoms with Crippen molar-refractivity contribution in [2.24, 2.45) is 0 Å². The van der Waals surface area contributed by atoms with E-state index in [2.05, 4.69) is 9.97 Å². The SMILES string of the molecule is Cc1cc(-c2ccccc2)nc(SCC(=O)N2CCN(C(=O)C3COc4ccccc4O3)CC2)n1. The van der Waals surface area contributed by atoms with Gasteiger partial charge in [0.05, 0.1) is 11.4 Å². The van der Waals surface area contributed by atoms with E-state index < -0.39 is 6.10 Å². The Bertz CT molecular complexity index is 1210. The predicted molar refractivity (Wildman–Crippen MR) is 132 cm³/mol. The number of rotatable bonds is 5. The molecule has 9 heteroatoms. The number of amides is 2. The van der Waals surface area contributed by atoms with Gasteiger partial charge in [-0.3, -0.25) is 9.59 Å². The summed E-state index contributed by atoms with van der Waals surface area (Å²) in [5.41, 5.74) is 2.72. The molecule has 8 nitrogen and oxygen atoms in total. The zero-order valence-electron chi connectivity index (χ0n) is 19.4. The van der Waals surface area contributed by atoms with E-state index in [0.717, 1.165) is 17.0 Å². The second kappa shape index (κ2) is 10.4. The van der Waals surface area contributed by atoms with E-state index in [1.165, 1.54) is 11.8 Å². The lowest BCUT2D eigenvalue weighted by atomic mass is 10.1. The zero-order chi connectivity index (χ0) is 24.2. The fourth-order valence-corrected chi connectivity index (χ4v) is 4.91. The zero-order valence-corrected chi connectivity index (χ0v) is 20.2. The van der Waals surface area contributed by atoms with Gasteiger partial charge < -0.3 is 19.3 Å². The molecule has 0 bridgehead atoms. The number of piperazine rings is 1. The largest absolute Gasteiger partial charge is 0.485 e. The lowest BCUT2D eigenvalue weighted by Crippen LogP contribution is -2.55. The van der Waals surface area contributed by atoms with Gasteiger partial charge in [0.1, 0.15) is 6.61 Å². The van der Waals surface area contributed by atoms with E-state index >= 15 is 0 Å². The Morgan fingerprint density at radius 1 is 0.943 bits per heavy atom. The van der Waals surface area contributed by atoms with Gasteiger partial charge in [-0.1, -0.05) is 54.2 Å². The molecule has 0 spiro atoms. The van der Waals surface area contributed by atoms with Crippen LogP contribution in [0.5, 0.6) is 11.5 Å². The van der Waals surface area contributed by atoms with Crippen LogP contribution in [0, 0.1) is 6.92 Å². The highest BCUT2D eigenvalue weighted by atomic mass is 32.2. The summed E-state index contributed by atoms with van der Waals surface area (Å²) in [6.07, 6.45) is -0.667. The van der Waals surface area contributed by atoms with Crippen molar-refractivity contribution >= 4 is 23.6 Å². The molecule has 1 unspecified atom stereocenters. The summed E-state index contributed by atoms with van der Waals surface area (Å²) in [4.78, 5) is 38.4. The van der Waals surface area contributed by atoms with Gasteiger partial charge in [0, 0.05) is 37.4 Å². The van der Waals surface area contributed by atoms with Crippen molar-refractivity contribution in [2.45, 2.75) is 18.2 Å². The number of hydrogen-bond acceptors (Lipinski definition) is 7. The summed E-state index contributed by atoms with van der Waals surface area (Å²) >= 11 is 1.34. The van der Waals surface area contributed by atoms with Crippen LogP contribution in [-0.2, 0) is 9.59 Å². The Balaban J connectivity index is 1.13. The first-order valence-corrected chi connectivity index (χ1v) is 12.5. The van der Waals surface area contributed by atoms with Gasteiger partial charge in [0.25, 0.3) is 5.91 Å². The highest BCUT2D eigenvalue weighted by Gasteiger charge is 2.33. The van der Waals surface area contributed by atoms with Crippen molar-refractivity contribution in [3.05, 3.63) is 66.4 Å². The van der Waals surface area contributed by atoms with E-state index in [0.29, 0.717) is 42.8 Å². The molecular weight excluding hydrogens is 464 g/mol. The van der Waals surface area contributed by atoms with Gasteiger partial charge in [-0.25, -0.2) is 9.97 Å². The van der Waals surface area contributed by atoms with Crippen LogP contribution in [-0.4, -0.2) is 76.2 Å². The first-order chi connectivity index (χ1) is 17.1. The Morgan fingerprint density at radius 3 is 2.40 bits per heavy atom. The molecular formula is C26H26N4O4S. The van der Waals surface area contributed by atoms with Gasteiger partial charge in [0.2, 0.25) is 12.0 Å². The van der Waals surface area contributed by atoms with Gasteiger partial charge in [-0.2, -0.15) is 0 Å². The summed E-state index contributed by atoms with van der Waals surface area (Å²) in [5, 5.41) is 0.584. The Labute approximate surface area is 208 Å². The molecule has 2 aliphatic rings. The molecule has 0 aliphatic carbocycles. The van der Waals surface area contributed by atoms with Crippen LogP contribution in [0.25, 0.3) is 11.3 Å². The predicted octanol–water partition coefficient (Wildman–Crippen LogP) is 3.05. The van der Waals surface area contributed by atoms with E-state index in [9.17, 15) is 9.59 Å². The lowest BCUT2D eigenvalue weighted by molar-refractivity contribution is -0.145. The van der Waals surface area contributed by atoms with Gasteiger partial charge >= 0.3 is 0 Å². The fraction of sp³-hybridized carbons (Fsp3) is 0.308. The number of thioether (sulfide) groups is 1. The molecule has 1 saturated heterocycles. The number of aryl methyl sites for hydroxylation is 1. The summed E-state index contributed by atoms with van der Waals surface area (Å²) < 4.78 is 11.5. The van der Waals surface area contributed by atoms with E-state index in [-0.39, 0.29) is 24.2 Å². The molecule has 2 amide bonds. The maximum Gasteiger partial charge on any atom is 0.267 e. The Kier molecular flexibility index (Phi) is 6.85. The van der Waals surface area contributed by atoms with Crippen LogP contribution >= 0.6 is 11.8 Å². The number of benzene rings is 2. The van der Waals surface area contributed by atoms with E-state index in [1.54, 1.807) is 15.9 Å². The fourth-order valence-electron chi connectivity index (χ4n) is 4.10. The molecule has 3 aromatic rings. The quantitative estimate of drug-likeness (QED) is 0.401. The number of fused-ring (bicyclic) bond motifs is 1. The van der Waals surface area contributed by atoms with E-state index in [1.807, 2.05) is 61.5 Å². The van der Waals surface area contributed by atoms with Crippen molar-refractivity contribution in [2.75, 3.05) is 38.5 Å². The van der Waals surface area contributed by atoms with Gasteiger partial charge in [-0.15, -0.1) is 0 Å². The number of ether oxygens (including phenoxy) is 2. The van der Waals surface area contributed by atoms with Crippen molar-refractivity contribution in [3.63, 3.8) is 0 Å². The van der Waals surface area contributed by atoms with Crippen molar-refractivity contribution in [1.29, 1.82) is 0 Å². The number of nitrogens with zero attached hydrogens (tertiary/aromatic N) is 4. The molecule has 180 valence electrons. The van der Waals surface area contributed by atoms with Crippen molar-refractivity contribution < 1.29 is 19.1 Å². The van der Waals surface area contributed by atoms with Crippen LogP contribution in [0.2, 0.25) is 0 Å². The number of aromatic nitrogens is 2. The Morgan fingerprint density at radius 2 is 1.63 bits per heavy atom. The highest BCUT2D eigenvalue weighted by Crippen LogP contribution is 2.31. The highest BCUT2D eigenvalue weighted by molar-refractivity contribution is 7.99. The third-order valence-corrected chi connectivity index (χ3v) is 6.79. The molecule has 2 aliphatic heterocycles. The minimum absolute atomic E-state index is 0.0136. The summed E-state index contributed by atoms with van der Waals surface area (Å²) in [6, 6.07) is 19.2. The smallest absolute Gasteiger partial charge is 0.267 e. The minimum Gasteiger partial charge on any atom is -0.485 e. The maximum absolute atomic E-state index is 12.9. The average Bonchev–Trinajstić information content (AvgIpc) is 2.91. The molecule has 0 N–H and O–H groups in total. The molecule has 1 fully saturated rings. The van der Waals surface area contributed by atoms with E-state index in [4.69, 9.17) is 9.47 Å². The molecule has 5 rings (SSSR count). The molecule has 1 aromatic heterocycles. The van der Waals surface area contributed by atoms with Crippen LogP contribution < -0.4 is 9.47 Å². The second-order valence-corrected chi connectivity index (χ2v) is 9.34. The van der Waals surface area contributed by atoms with Gasteiger partial charge in [0.15, 0.2) is 16.7 Å². The number of carbonyl (C=O) groups is 2. The molecule has 3 heterocycles. The maximum atomic E-state index is 12.9. The van der Waals surface area contributed by atoms with Crippen LogP contribution in [0.15, 0.2) is 65.8 Å². The van der Waals surface area contributed by atoms with Crippen LogP contribution in [0.3, 0.4) is 0 Å². The first-order valence-electron chi connectivity index (χ1n) is 11.6. The monoisotopic (exact) mass is 490 g/mol. The van der Waals surface area contributed by atoms with Crippen molar-refractivity contribution in [3.8, 4) is 22.8 Å². The number of carbonyl (C=O) groups excluding carboxylic acids is 2. The minimum atomic E-state index is -0.667. The second-order valence-electron chi connectivity index (χ2n) is 8.40. The van der Waals surface area contributed by atoms with Crippen LogP contribution in [0.1, 0.15) is 5.69 Å². The average molecular weight is 491 g/mol. The lowest BCUT2D eigenvalue weighted by Gasteiger charge is -2.37. The molecule has 0 saturated carbocycles. The van der Waals surface area contributed by atoms with Gasteiger partial charge in [-0.05, 0) is 25.1 Å². The Hall–Kier alpha value is -3.59. The summed E-state index contributed by atoms with van der Waals surface area (Å²) in [6.45, 7) is 4.02. The summed E-state index contributed by atoms with van der Waals surface area (Å²) in [7, 11) is 0. The molecule has 1 atom stereocenters. The third-order valence-electron chi connectivity index (χ3n) is 5.96. The number of hydrogen-bond donors (Lipinski definition) is 0.